The van der Waals surface area contributed by atoms with Crippen LogP contribution in [0.5, 0.6) is 5.75 Å². The second-order valence-electron chi connectivity index (χ2n) is 3.52. The second kappa shape index (κ2) is 4.65. The van der Waals surface area contributed by atoms with Crippen molar-refractivity contribution >= 4 is 11.9 Å². The number of carbonyl (C=O) groups is 1. The zero-order chi connectivity index (χ0) is 12.3. The van der Waals surface area contributed by atoms with Gasteiger partial charge in [-0.05, 0) is 17.7 Å². The Hall–Kier alpha value is -2.37. The minimum atomic E-state index is -0.278. The Morgan fingerprint density at radius 1 is 1.47 bits per heavy atom. The monoisotopic (exact) mass is 233 g/mol. The van der Waals surface area contributed by atoms with Gasteiger partial charge in [0.05, 0.1) is 6.42 Å². The minimum Gasteiger partial charge on any atom is -0.508 e. The van der Waals surface area contributed by atoms with E-state index in [1.807, 2.05) is 0 Å². The molecule has 0 saturated heterocycles. The van der Waals surface area contributed by atoms with Crippen LogP contribution in [-0.4, -0.2) is 21.2 Å². The van der Waals surface area contributed by atoms with Crippen LogP contribution < -0.4 is 5.32 Å². The van der Waals surface area contributed by atoms with E-state index in [9.17, 15) is 9.90 Å². The van der Waals surface area contributed by atoms with Crippen LogP contribution in [0.2, 0.25) is 0 Å². The van der Waals surface area contributed by atoms with Crippen molar-refractivity contribution in [2.24, 2.45) is 0 Å². The number of amides is 1. The number of aryl methyl sites for hydroxylation is 1. The van der Waals surface area contributed by atoms with E-state index in [0.717, 1.165) is 0 Å². The van der Waals surface area contributed by atoms with Crippen molar-refractivity contribution in [1.29, 1.82) is 0 Å². The van der Waals surface area contributed by atoms with Crippen molar-refractivity contribution in [2.75, 3.05) is 5.32 Å². The summed E-state index contributed by atoms with van der Waals surface area (Å²) in [6, 6.07) is 6.57. The number of aromatic nitrogens is 2. The fraction of sp³-hybridized carbons (Fsp3) is 0.182. The topological polar surface area (TPSA) is 88.2 Å². The van der Waals surface area contributed by atoms with Gasteiger partial charge < -0.3 is 9.52 Å². The molecule has 2 rings (SSSR count). The summed E-state index contributed by atoms with van der Waals surface area (Å²) in [5.74, 6) is 0.237. The maximum absolute atomic E-state index is 11.6. The smallest absolute Gasteiger partial charge is 0.322 e. The van der Waals surface area contributed by atoms with E-state index in [0.29, 0.717) is 11.5 Å². The maximum Gasteiger partial charge on any atom is 0.322 e. The third-order valence-electron chi connectivity index (χ3n) is 2.05. The van der Waals surface area contributed by atoms with E-state index in [-0.39, 0.29) is 24.1 Å². The first kappa shape index (κ1) is 11.1. The van der Waals surface area contributed by atoms with E-state index < -0.39 is 0 Å². The van der Waals surface area contributed by atoms with Crippen LogP contribution >= 0.6 is 0 Å². The van der Waals surface area contributed by atoms with Gasteiger partial charge in [-0.15, -0.1) is 5.10 Å². The Balaban J connectivity index is 1.98. The molecule has 0 saturated carbocycles. The van der Waals surface area contributed by atoms with Gasteiger partial charge in [-0.2, -0.15) is 0 Å². The Morgan fingerprint density at radius 2 is 2.29 bits per heavy atom. The summed E-state index contributed by atoms with van der Waals surface area (Å²) in [6.07, 6.45) is 0.135. The predicted octanol–water partition coefficient (Wildman–Crippen LogP) is 1.26. The number of rotatable bonds is 3. The Morgan fingerprint density at radius 3 is 2.94 bits per heavy atom. The fourth-order valence-electron chi connectivity index (χ4n) is 1.36. The Labute approximate surface area is 97.3 Å². The number of phenols is 1. The first-order valence-electron chi connectivity index (χ1n) is 5.01. The summed E-state index contributed by atoms with van der Waals surface area (Å²) in [7, 11) is 0. The highest BCUT2D eigenvalue weighted by atomic mass is 16.4. The zero-order valence-corrected chi connectivity index (χ0v) is 9.17. The lowest BCUT2D eigenvalue weighted by Gasteiger charge is -2.01. The summed E-state index contributed by atoms with van der Waals surface area (Å²) in [5, 5.41) is 19.0. The number of nitrogens with zero attached hydrogens (tertiary/aromatic N) is 2. The third kappa shape index (κ3) is 3.04. The number of benzene rings is 1. The first-order chi connectivity index (χ1) is 8.13. The lowest BCUT2D eigenvalue weighted by atomic mass is 10.1. The van der Waals surface area contributed by atoms with Crippen molar-refractivity contribution in [3.8, 4) is 5.75 Å². The molecule has 2 aromatic rings. The van der Waals surface area contributed by atoms with Crippen molar-refractivity contribution in [2.45, 2.75) is 13.3 Å². The highest BCUT2D eigenvalue weighted by Crippen LogP contribution is 2.12. The molecule has 0 aliphatic rings. The minimum absolute atomic E-state index is 0.0765. The molecular weight excluding hydrogens is 222 g/mol. The van der Waals surface area contributed by atoms with Gasteiger partial charge in [0.1, 0.15) is 5.75 Å². The lowest BCUT2D eigenvalue weighted by Crippen LogP contribution is -2.14. The molecule has 6 nitrogen and oxygen atoms in total. The molecule has 0 radical (unpaired) electrons. The quantitative estimate of drug-likeness (QED) is 0.833. The van der Waals surface area contributed by atoms with Gasteiger partial charge in [0, 0.05) is 6.92 Å². The number of phenolic OH excluding ortho intramolecular Hbond substituents is 1. The normalized spacial score (nSPS) is 10.2. The molecule has 2 N–H and O–H groups in total. The molecule has 0 bridgehead atoms. The van der Waals surface area contributed by atoms with Gasteiger partial charge in [-0.25, -0.2) is 0 Å². The molecule has 1 aromatic heterocycles. The molecule has 0 unspecified atom stereocenters. The Kier molecular flexibility index (Phi) is 3.04. The summed E-state index contributed by atoms with van der Waals surface area (Å²) >= 11 is 0. The van der Waals surface area contributed by atoms with Crippen LogP contribution in [0.25, 0.3) is 0 Å². The van der Waals surface area contributed by atoms with Crippen LogP contribution in [0.1, 0.15) is 11.5 Å². The van der Waals surface area contributed by atoms with Gasteiger partial charge in [0.15, 0.2) is 0 Å². The molecule has 0 aliphatic heterocycles. The number of nitrogens with one attached hydrogen (secondary N) is 1. The lowest BCUT2D eigenvalue weighted by molar-refractivity contribution is -0.115. The molecule has 1 aromatic carbocycles. The number of hydrogen-bond donors (Lipinski definition) is 2. The van der Waals surface area contributed by atoms with E-state index in [1.54, 1.807) is 25.1 Å². The predicted molar refractivity (Wildman–Crippen MR) is 59.5 cm³/mol. The molecule has 88 valence electrons. The van der Waals surface area contributed by atoms with E-state index in [4.69, 9.17) is 4.42 Å². The standard InChI is InChI=1S/C11H11N3O3/c1-7-13-14-11(17-7)12-10(16)6-8-3-2-4-9(15)5-8/h2-5,15H,6H2,1H3,(H,12,14,16). The van der Waals surface area contributed by atoms with Gasteiger partial charge >= 0.3 is 6.01 Å². The fourth-order valence-corrected chi connectivity index (χ4v) is 1.36. The average Bonchev–Trinajstić information content (AvgIpc) is 2.63. The molecule has 0 spiro atoms. The molecular formula is C11H11N3O3. The van der Waals surface area contributed by atoms with Crippen molar-refractivity contribution in [3.63, 3.8) is 0 Å². The Bertz CT molecular complexity index is 536. The second-order valence-corrected chi connectivity index (χ2v) is 3.52. The molecule has 0 fully saturated rings. The van der Waals surface area contributed by atoms with Gasteiger partial charge in [-0.3, -0.25) is 10.1 Å². The number of anilines is 1. The van der Waals surface area contributed by atoms with Crippen LogP contribution in [0.3, 0.4) is 0 Å². The van der Waals surface area contributed by atoms with Gasteiger partial charge in [0.25, 0.3) is 0 Å². The highest BCUT2D eigenvalue weighted by molar-refractivity contribution is 5.90. The van der Waals surface area contributed by atoms with Crippen LogP contribution in [-0.2, 0) is 11.2 Å². The number of carbonyl (C=O) groups excluding carboxylic acids is 1. The first-order valence-corrected chi connectivity index (χ1v) is 5.01. The highest BCUT2D eigenvalue weighted by Gasteiger charge is 2.08. The number of aromatic hydroxyl groups is 1. The molecule has 17 heavy (non-hydrogen) atoms. The van der Waals surface area contributed by atoms with E-state index in [2.05, 4.69) is 15.5 Å². The summed E-state index contributed by atoms with van der Waals surface area (Å²) in [4.78, 5) is 11.6. The SMILES string of the molecule is Cc1nnc(NC(=O)Cc2cccc(O)c2)o1. The average molecular weight is 233 g/mol. The van der Waals surface area contributed by atoms with Crippen LogP contribution in [0.4, 0.5) is 6.01 Å². The maximum atomic E-state index is 11.6. The van der Waals surface area contributed by atoms with Crippen molar-refractivity contribution in [1.82, 2.24) is 10.2 Å². The third-order valence-corrected chi connectivity index (χ3v) is 2.05. The molecule has 1 heterocycles. The van der Waals surface area contributed by atoms with Crippen LogP contribution in [0, 0.1) is 6.92 Å². The summed E-state index contributed by atoms with van der Waals surface area (Å²) in [6.45, 7) is 1.64. The molecule has 1 amide bonds. The largest absolute Gasteiger partial charge is 0.508 e. The molecule has 0 atom stereocenters. The molecule has 0 aliphatic carbocycles. The summed E-state index contributed by atoms with van der Waals surface area (Å²) in [5.41, 5.74) is 0.707. The van der Waals surface area contributed by atoms with Crippen LogP contribution in [0.15, 0.2) is 28.7 Å². The molecule has 6 heteroatoms. The summed E-state index contributed by atoms with van der Waals surface area (Å²) < 4.78 is 5.01. The number of hydrogen-bond acceptors (Lipinski definition) is 5. The van der Waals surface area contributed by atoms with E-state index >= 15 is 0 Å². The van der Waals surface area contributed by atoms with Crippen molar-refractivity contribution in [3.05, 3.63) is 35.7 Å². The zero-order valence-electron chi connectivity index (χ0n) is 9.17. The van der Waals surface area contributed by atoms with Gasteiger partial charge in [-0.1, -0.05) is 17.2 Å². The van der Waals surface area contributed by atoms with Crippen molar-refractivity contribution < 1.29 is 14.3 Å². The van der Waals surface area contributed by atoms with E-state index in [1.165, 1.54) is 6.07 Å². The van der Waals surface area contributed by atoms with Gasteiger partial charge in [0.2, 0.25) is 11.8 Å².